The smallest absolute Gasteiger partial charge is 0.134 e. The molecule has 0 aromatic carbocycles. The Labute approximate surface area is 115 Å². The van der Waals surface area contributed by atoms with Crippen LogP contribution in [0.4, 0.5) is 5.69 Å². The number of nitrogens with zero attached hydrogens (tertiary/aromatic N) is 2. The van der Waals surface area contributed by atoms with Crippen molar-refractivity contribution in [3.8, 4) is 0 Å². The van der Waals surface area contributed by atoms with Crippen molar-refractivity contribution in [2.75, 3.05) is 12.3 Å². The van der Waals surface area contributed by atoms with Gasteiger partial charge in [0.2, 0.25) is 0 Å². The molecule has 1 saturated heterocycles. The molecule has 3 N–H and O–H groups in total. The van der Waals surface area contributed by atoms with E-state index in [4.69, 9.17) is 5.73 Å². The number of pyridine rings is 1. The molecule has 0 radical (unpaired) electrons. The zero-order chi connectivity index (χ0) is 12.5. The Morgan fingerprint density at radius 3 is 3.17 bits per heavy atom. The molecule has 3 heterocycles. The lowest BCUT2D eigenvalue weighted by atomic mass is 10.0. The van der Waals surface area contributed by atoms with Gasteiger partial charge in [-0.3, -0.25) is 0 Å². The molecule has 5 heteroatoms. The molecule has 1 fully saturated rings. The normalized spacial score (nSPS) is 20.4. The first-order chi connectivity index (χ1) is 8.75. The molecular weight excluding hydrogens is 292 g/mol. The van der Waals surface area contributed by atoms with Crippen molar-refractivity contribution in [1.82, 2.24) is 14.7 Å². The Hall–Kier alpha value is -1.07. The van der Waals surface area contributed by atoms with Gasteiger partial charge in [-0.05, 0) is 47.4 Å². The van der Waals surface area contributed by atoms with Crippen LogP contribution in [-0.2, 0) is 6.42 Å². The number of aromatic nitrogens is 2. The molecule has 1 aliphatic rings. The molecular formula is C13H17BrN4. The summed E-state index contributed by atoms with van der Waals surface area (Å²) in [4.78, 5) is 4.60. The summed E-state index contributed by atoms with van der Waals surface area (Å²) in [5.74, 6) is 1.07. The van der Waals surface area contributed by atoms with E-state index in [0.29, 0.717) is 6.04 Å². The Morgan fingerprint density at radius 2 is 2.39 bits per heavy atom. The van der Waals surface area contributed by atoms with Crippen LogP contribution >= 0.6 is 15.9 Å². The fourth-order valence-corrected chi connectivity index (χ4v) is 3.27. The summed E-state index contributed by atoms with van der Waals surface area (Å²) in [6, 6.07) is 4.41. The third-order valence-electron chi connectivity index (χ3n) is 3.57. The summed E-state index contributed by atoms with van der Waals surface area (Å²) in [6.45, 7) is 1.12. The lowest BCUT2D eigenvalue weighted by Gasteiger charge is -2.22. The number of piperidine rings is 1. The van der Waals surface area contributed by atoms with E-state index in [2.05, 4.69) is 30.6 Å². The number of nitrogen functional groups attached to an aromatic ring is 1. The van der Waals surface area contributed by atoms with E-state index in [1.54, 1.807) is 0 Å². The van der Waals surface area contributed by atoms with Crippen molar-refractivity contribution in [3.63, 3.8) is 0 Å². The molecule has 3 rings (SSSR count). The molecule has 1 atom stereocenters. The zero-order valence-corrected chi connectivity index (χ0v) is 11.8. The van der Waals surface area contributed by atoms with E-state index in [1.807, 2.05) is 18.3 Å². The average Bonchev–Trinajstić information content (AvgIpc) is 2.69. The fourth-order valence-electron chi connectivity index (χ4n) is 2.64. The van der Waals surface area contributed by atoms with Gasteiger partial charge in [0, 0.05) is 18.7 Å². The third-order valence-corrected chi connectivity index (χ3v) is 4.12. The minimum absolute atomic E-state index is 0.540. The van der Waals surface area contributed by atoms with Crippen LogP contribution in [0.25, 0.3) is 5.52 Å². The van der Waals surface area contributed by atoms with Crippen LogP contribution in [0.5, 0.6) is 0 Å². The molecule has 0 aliphatic carbocycles. The number of fused-ring (bicyclic) bond motifs is 1. The average molecular weight is 309 g/mol. The lowest BCUT2D eigenvalue weighted by Crippen LogP contribution is -2.36. The van der Waals surface area contributed by atoms with Crippen LogP contribution in [-0.4, -0.2) is 22.0 Å². The van der Waals surface area contributed by atoms with Gasteiger partial charge in [-0.2, -0.15) is 0 Å². The summed E-state index contributed by atoms with van der Waals surface area (Å²) in [5.41, 5.74) is 7.74. The van der Waals surface area contributed by atoms with Crippen molar-refractivity contribution < 1.29 is 0 Å². The van der Waals surface area contributed by atoms with Gasteiger partial charge in [-0.25, -0.2) is 4.98 Å². The second kappa shape index (κ2) is 4.90. The number of nitrogens with two attached hydrogens (primary N) is 1. The molecule has 1 unspecified atom stereocenters. The van der Waals surface area contributed by atoms with Crippen molar-refractivity contribution in [1.29, 1.82) is 0 Å². The van der Waals surface area contributed by atoms with Gasteiger partial charge < -0.3 is 15.5 Å². The SMILES string of the molecule is Nc1cccn2c(CC3CCCCN3)nc(Br)c12. The van der Waals surface area contributed by atoms with Gasteiger partial charge >= 0.3 is 0 Å². The predicted octanol–water partition coefficient (Wildman–Crippen LogP) is 2.36. The number of hydrogen-bond acceptors (Lipinski definition) is 3. The van der Waals surface area contributed by atoms with E-state index in [1.165, 1.54) is 19.3 Å². The number of nitrogens with one attached hydrogen (secondary N) is 1. The Kier molecular flexibility index (Phi) is 3.26. The van der Waals surface area contributed by atoms with Crippen LogP contribution < -0.4 is 11.1 Å². The maximum atomic E-state index is 6.00. The van der Waals surface area contributed by atoms with Gasteiger partial charge in [0.1, 0.15) is 15.9 Å². The summed E-state index contributed by atoms with van der Waals surface area (Å²) >= 11 is 3.50. The van der Waals surface area contributed by atoms with Crippen LogP contribution in [0.3, 0.4) is 0 Å². The number of hydrogen-bond donors (Lipinski definition) is 2. The van der Waals surface area contributed by atoms with Crippen molar-refractivity contribution in [3.05, 3.63) is 28.8 Å². The lowest BCUT2D eigenvalue weighted by molar-refractivity contribution is 0.394. The molecule has 0 spiro atoms. The first-order valence-corrected chi connectivity index (χ1v) is 7.19. The predicted molar refractivity (Wildman–Crippen MR) is 76.7 cm³/mol. The van der Waals surface area contributed by atoms with Crippen LogP contribution in [0.2, 0.25) is 0 Å². The minimum atomic E-state index is 0.540. The highest BCUT2D eigenvalue weighted by molar-refractivity contribution is 9.10. The number of halogens is 1. The molecule has 4 nitrogen and oxygen atoms in total. The standard InChI is InChI=1S/C13H17BrN4/c14-13-12-10(15)5-3-7-18(12)11(17-13)8-9-4-1-2-6-16-9/h3,5,7,9,16H,1-2,4,6,8,15H2. The largest absolute Gasteiger partial charge is 0.397 e. The zero-order valence-electron chi connectivity index (χ0n) is 10.2. The van der Waals surface area contributed by atoms with Gasteiger partial charge in [-0.15, -0.1) is 0 Å². The number of imidazole rings is 1. The molecule has 1 aliphatic heterocycles. The van der Waals surface area contributed by atoms with E-state index in [9.17, 15) is 0 Å². The van der Waals surface area contributed by atoms with Gasteiger partial charge in [-0.1, -0.05) is 6.42 Å². The minimum Gasteiger partial charge on any atom is -0.397 e. The molecule has 0 amide bonds. The number of rotatable bonds is 2. The fraction of sp³-hybridized carbons (Fsp3) is 0.462. The number of anilines is 1. The summed E-state index contributed by atoms with van der Waals surface area (Å²) in [7, 11) is 0. The highest BCUT2D eigenvalue weighted by Gasteiger charge is 2.17. The second-order valence-corrected chi connectivity index (χ2v) is 5.60. The Bertz CT molecular complexity index is 557. The summed E-state index contributed by atoms with van der Waals surface area (Å²) in [5, 5.41) is 3.56. The summed E-state index contributed by atoms with van der Waals surface area (Å²) in [6.07, 6.45) is 6.81. The topological polar surface area (TPSA) is 55.4 Å². The van der Waals surface area contributed by atoms with Crippen molar-refractivity contribution in [2.24, 2.45) is 0 Å². The van der Waals surface area contributed by atoms with Crippen LogP contribution in [0.1, 0.15) is 25.1 Å². The molecule has 96 valence electrons. The van der Waals surface area contributed by atoms with E-state index >= 15 is 0 Å². The van der Waals surface area contributed by atoms with Crippen LogP contribution in [0.15, 0.2) is 22.9 Å². The molecule has 2 aromatic rings. The van der Waals surface area contributed by atoms with Gasteiger partial charge in [0.25, 0.3) is 0 Å². The molecule has 0 bridgehead atoms. The highest BCUT2D eigenvalue weighted by atomic mass is 79.9. The van der Waals surface area contributed by atoms with E-state index in [-0.39, 0.29) is 0 Å². The molecule has 0 saturated carbocycles. The maximum absolute atomic E-state index is 6.00. The molecule has 2 aromatic heterocycles. The monoisotopic (exact) mass is 308 g/mol. The second-order valence-electron chi connectivity index (χ2n) is 4.85. The summed E-state index contributed by atoms with van der Waals surface area (Å²) < 4.78 is 2.93. The Morgan fingerprint density at radius 1 is 1.50 bits per heavy atom. The first kappa shape index (κ1) is 12.0. The third kappa shape index (κ3) is 2.12. The highest BCUT2D eigenvalue weighted by Crippen LogP contribution is 2.25. The van der Waals surface area contributed by atoms with Gasteiger partial charge in [0.05, 0.1) is 5.69 Å². The maximum Gasteiger partial charge on any atom is 0.134 e. The van der Waals surface area contributed by atoms with E-state index in [0.717, 1.165) is 34.6 Å². The van der Waals surface area contributed by atoms with Gasteiger partial charge in [0.15, 0.2) is 0 Å². The van der Waals surface area contributed by atoms with Crippen LogP contribution in [0, 0.1) is 0 Å². The van der Waals surface area contributed by atoms with Crippen molar-refractivity contribution >= 4 is 27.1 Å². The van der Waals surface area contributed by atoms with Crippen molar-refractivity contribution in [2.45, 2.75) is 31.7 Å². The molecule has 18 heavy (non-hydrogen) atoms. The van der Waals surface area contributed by atoms with E-state index < -0.39 is 0 Å². The first-order valence-electron chi connectivity index (χ1n) is 6.40. The Balaban J connectivity index is 1.94. The quantitative estimate of drug-likeness (QED) is 0.895.